The lowest BCUT2D eigenvalue weighted by Crippen LogP contribution is -2.35. The zero-order chi connectivity index (χ0) is 18.4. The summed E-state index contributed by atoms with van der Waals surface area (Å²) >= 11 is 0. The molecular weight excluding hydrogens is 324 g/mol. The Balaban J connectivity index is 1.83. The molecule has 3 aromatic carbocycles. The summed E-state index contributed by atoms with van der Waals surface area (Å²) in [5.74, 6) is 0.401. The van der Waals surface area contributed by atoms with E-state index in [0.717, 1.165) is 22.4 Å². The number of esters is 1. The molecule has 1 atom stereocenters. The van der Waals surface area contributed by atoms with Crippen molar-refractivity contribution >= 4 is 5.97 Å². The van der Waals surface area contributed by atoms with E-state index < -0.39 is 5.60 Å². The van der Waals surface area contributed by atoms with E-state index in [1.54, 1.807) is 0 Å². The minimum absolute atomic E-state index is 0.146. The van der Waals surface area contributed by atoms with E-state index in [0.29, 0.717) is 0 Å². The first kappa shape index (κ1) is 17.7. The van der Waals surface area contributed by atoms with E-state index in [-0.39, 0.29) is 12.6 Å². The quantitative estimate of drug-likeness (QED) is 0.575. The average molecular weight is 346 g/mol. The Morgan fingerprint density at radius 3 is 1.92 bits per heavy atom. The molecule has 3 nitrogen and oxygen atoms in total. The van der Waals surface area contributed by atoms with Gasteiger partial charge >= 0.3 is 5.97 Å². The summed E-state index contributed by atoms with van der Waals surface area (Å²) in [4.78, 5) is 11.3. The predicted octanol–water partition coefficient (Wildman–Crippen LogP) is 5.21. The summed E-state index contributed by atoms with van der Waals surface area (Å²) in [6.07, 6.45) is 0. The minimum Gasteiger partial charge on any atom is -0.479 e. The third-order valence-corrected chi connectivity index (χ3v) is 4.24. The molecule has 1 unspecified atom stereocenters. The molecule has 3 heteroatoms. The maximum Gasteiger partial charge on any atom is 0.302 e. The normalized spacial score (nSPS) is 12.8. The largest absolute Gasteiger partial charge is 0.479 e. The van der Waals surface area contributed by atoms with Crippen molar-refractivity contribution in [2.45, 2.75) is 19.4 Å². The molecule has 132 valence electrons. The maximum absolute atomic E-state index is 11.3. The van der Waals surface area contributed by atoms with Gasteiger partial charge in [-0.25, -0.2) is 0 Å². The molecule has 0 amide bonds. The van der Waals surface area contributed by atoms with E-state index in [9.17, 15) is 4.79 Å². The molecule has 0 aliphatic rings. The molecule has 0 aliphatic heterocycles. The van der Waals surface area contributed by atoms with Crippen LogP contribution in [0.15, 0.2) is 84.9 Å². The van der Waals surface area contributed by atoms with Crippen molar-refractivity contribution in [3.05, 3.63) is 90.5 Å². The molecule has 0 aliphatic carbocycles. The first-order chi connectivity index (χ1) is 12.6. The van der Waals surface area contributed by atoms with E-state index in [2.05, 4.69) is 12.1 Å². The molecule has 3 rings (SSSR count). The van der Waals surface area contributed by atoms with Crippen molar-refractivity contribution in [3.8, 4) is 16.9 Å². The Kier molecular flexibility index (Phi) is 5.37. The fourth-order valence-electron chi connectivity index (χ4n) is 2.81. The van der Waals surface area contributed by atoms with Gasteiger partial charge in [0, 0.05) is 6.92 Å². The maximum atomic E-state index is 11.3. The predicted molar refractivity (Wildman–Crippen MR) is 103 cm³/mol. The highest BCUT2D eigenvalue weighted by molar-refractivity contribution is 5.66. The third-order valence-electron chi connectivity index (χ3n) is 4.24. The van der Waals surface area contributed by atoms with Gasteiger partial charge < -0.3 is 9.47 Å². The van der Waals surface area contributed by atoms with Crippen molar-refractivity contribution in [1.82, 2.24) is 0 Å². The van der Waals surface area contributed by atoms with E-state index in [1.165, 1.54) is 6.92 Å². The van der Waals surface area contributed by atoms with Crippen LogP contribution in [0, 0.1) is 0 Å². The average Bonchev–Trinajstić information content (AvgIpc) is 2.68. The van der Waals surface area contributed by atoms with Crippen LogP contribution in [0.4, 0.5) is 0 Å². The van der Waals surface area contributed by atoms with Gasteiger partial charge in [0.15, 0.2) is 5.60 Å². The Morgan fingerprint density at radius 1 is 0.808 bits per heavy atom. The van der Waals surface area contributed by atoms with Crippen LogP contribution in [0.1, 0.15) is 19.4 Å². The van der Waals surface area contributed by atoms with Crippen molar-refractivity contribution in [3.63, 3.8) is 0 Å². The Labute approximate surface area is 154 Å². The second kappa shape index (κ2) is 7.87. The summed E-state index contributed by atoms with van der Waals surface area (Å²) in [7, 11) is 0. The van der Waals surface area contributed by atoms with E-state index in [4.69, 9.17) is 9.47 Å². The van der Waals surface area contributed by atoms with Crippen LogP contribution in [0.3, 0.4) is 0 Å². The minimum atomic E-state index is -0.763. The number of carbonyl (C=O) groups excluding carboxylic acids is 1. The van der Waals surface area contributed by atoms with Gasteiger partial charge in [-0.15, -0.1) is 0 Å². The Morgan fingerprint density at radius 2 is 1.35 bits per heavy atom. The van der Waals surface area contributed by atoms with Gasteiger partial charge in [-0.3, -0.25) is 4.79 Å². The third kappa shape index (κ3) is 4.31. The lowest BCUT2D eigenvalue weighted by atomic mass is 9.96. The molecule has 26 heavy (non-hydrogen) atoms. The summed E-state index contributed by atoms with van der Waals surface area (Å²) in [5, 5.41) is 0. The number of carbonyl (C=O) groups is 1. The number of ether oxygens (including phenoxy) is 2. The SMILES string of the molecule is CC(=O)OCC(C)(Oc1ccc(-c2ccccc2)cc1)c1ccccc1. The van der Waals surface area contributed by atoms with Crippen LogP contribution in [-0.4, -0.2) is 12.6 Å². The zero-order valence-corrected chi connectivity index (χ0v) is 15.0. The van der Waals surface area contributed by atoms with Crippen LogP contribution in [-0.2, 0) is 15.1 Å². The molecule has 0 saturated carbocycles. The van der Waals surface area contributed by atoms with Crippen LogP contribution in [0.25, 0.3) is 11.1 Å². The van der Waals surface area contributed by atoms with E-state index >= 15 is 0 Å². The second-order valence-corrected chi connectivity index (χ2v) is 6.37. The van der Waals surface area contributed by atoms with Crippen molar-refractivity contribution < 1.29 is 14.3 Å². The van der Waals surface area contributed by atoms with Gasteiger partial charge in [0.2, 0.25) is 0 Å². The molecule has 0 bridgehead atoms. The topological polar surface area (TPSA) is 35.5 Å². The number of rotatable bonds is 6. The van der Waals surface area contributed by atoms with Crippen molar-refractivity contribution in [2.24, 2.45) is 0 Å². The molecule has 3 aromatic rings. The lowest BCUT2D eigenvalue weighted by molar-refractivity contribution is -0.147. The molecule has 0 heterocycles. The highest BCUT2D eigenvalue weighted by Gasteiger charge is 2.30. The van der Waals surface area contributed by atoms with Crippen molar-refractivity contribution in [1.29, 1.82) is 0 Å². The van der Waals surface area contributed by atoms with Gasteiger partial charge in [0.1, 0.15) is 12.4 Å². The van der Waals surface area contributed by atoms with Gasteiger partial charge in [-0.1, -0.05) is 72.8 Å². The highest BCUT2D eigenvalue weighted by atomic mass is 16.6. The van der Waals surface area contributed by atoms with Crippen molar-refractivity contribution in [2.75, 3.05) is 6.61 Å². The smallest absolute Gasteiger partial charge is 0.302 e. The number of hydrogen-bond donors (Lipinski definition) is 0. The summed E-state index contributed by atoms with van der Waals surface area (Å²) in [6, 6.07) is 27.9. The molecule has 0 aromatic heterocycles. The summed E-state index contributed by atoms with van der Waals surface area (Å²) in [6.45, 7) is 3.48. The fourth-order valence-corrected chi connectivity index (χ4v) is 2.81. The van der Waals surface area contributed by atoms with Gasteiger partial charge in [0.25, 0.3) is 0 Å². The molecule has 0 spiro atoms. The molecule has 0 fully saturated rings. The highest BCUT2D eigenvalue weighted by Crippen LogP contribution is 2.30. The Hall–Kier alpha value is -3.07. The van der Waals surface area contributed by atoms with Gasteiger partial charge in [-0.2, -0.15) is 0 Å². The first-order valence-corrected chi connectivity index (χ1v) is 8.60. The lowest BCUT2D eigenvalue weighted by Gasteiger charge is -2.30. The van der Waals surface area contributed by atoms with Crippen LogP contribution < -0.4 is 4.74 Å². The fraction of sp³-hybridized carbons (Fsp3) is 0.174. The summed E-state index contributed by atoms with van der Waals surface area (Å²) < 4.78 is 11.5. The monoisotopic (exact) mass is 346 g/mol. The van der Waals surface area contributed by atoms with Gasteiger partial charge in [-0.05, 0) is 35.7 Å². The Bertz CT molecular complexity index is 842. The second-order valence-electron chi connectivity index (χ2n) is 6.37. The standard InChI is InChI=1S/C23H22O3/c1-18(24)25-17-23(2,21-11-7-4-8-12-21)26-22-15-13-20(14-16-22)19-9-5-3-6-10-19/h3-16H,17H2,1-2H3. The number of benzene rings is 3. The first-order valence-electron chi connectivity index (χ1n) is 8.60. The summed E-state index contributed by atoms with van der Waals surface area (Å²) in [5.41, 5.74) is 2.47. The zero-order valence-electron chi connectivity index (χ0n) is 15.0. The molecule has 0 radical (unpaired) electrons. The molecule has 0 N–H and O–H groups in total. The molecular formula is C23H22O3. The van der Waals surface area contributed by atoms with Gasteiger partial charge in [0.05, 0.1) is 0 Å². The van der Waals surface area contributed by atoms with Crippen LogP contribution in [0.5, 0.6) is 5.75 Å². The molecule has 0 saturated heterocycles. The number of hydrogen-bond acceptors (Lipinski definition) is 3. The van der Waals surface area contributed by atoms with Crippen LogP contribution in [0.2, 0.25) is 0 Å². The van der Waals surface area contributed by atoms with Crippen LogP contribution >= 0.6 is 0 Å². The van der Waals surface area contributed by atoms with E-state index in [1.807, 2.05) is 79.7 Å².